The van der Waals surface area contributed by atoms with Gasteiger partial charge in [0.25, 0.3) is 0 Å². The van der Waals surface area contributed by atoms with Gasteiger partial charge in [0.15, 0.2) is 28.8 Å². The van der Waals surface area contributed by atoms with Gasteiger partial charge in [0.1, 0.15) is 0 Å². The molecule has 0 amide bonds. The lowest BCUT2D eigenvalue weighted by Crippen LogP contribution is -2.53. The van der Waals surface area contributed by atoms with Crippen LogP contribution in [0, 0.1) is 0 Å². The van der Waals surface area contributed by atoms with E-state index in [2.05, 4.69) is 0 Å². The third kappa shape index (κ3) is 11.8. The molecule has 0 bridgehead atoms. The van der Waals surface area contributed by atoms with Gasteiger partial charge in [-0.3, -0.25) is 0 Å². The first-order valence-electron chi connectivity index (χ1n) is 9.60. The Bertz CT molecular complexity index is 388. The molecule has 0 spiro atoms. The predicted octanol–water partition coefficient (Wildman–Crippen LogP) is 4.11. The first kappa shape index (κ1) is 25.3. The van der Waals surface area contributed by atoms with Gasteiger partial charge in [0, 0.05) is 0 Å². The van der Waals surface area contributed by atoms with Gasteiger partial charge in [0.2, 0.25) is 0 Å². The average Bonchev–Trinajstić information content (AvgIpc) is 2.49. The average molecular weight is 407 g/mol. The maximum absolute atomic E-state index is 12.7. The van der Waals surface area contributed by atoms with Crippen molar-refractivity contribution in [3.63, 3.8) is 0 Å². The van der Waals surface area contributed by atoms with Crippen molar-refractivity contribution in [3.8, 4) is 0 Å². The van der Waals surface area contributed by atoms with E-state index >= 15 is 0 Å². The first-order valence-corrected chi connectivity index (χ1v) is 16.4. The van der Waals surface area contributed by atoms with Gasteiger partial charge in [-0.1, -0.05) is 26.7 Å². The van der Waals surface area contributed by atoms with Crippen molar-refractivity contribution in [1.82, 2.24) is 0 Å². The van der Waals surface area contributed by atoms with Crippen molar-refractivity contribution in [3.05, 3.63) is 0 Å². The van der Waals surface area contributed by atoms with Crippen molar-refractivity contribution in [2.75, 3.05) is 13.2 Å². The first-order chi connectivity index (χ1) is 11.9. The van der Waals surface area contributed by atoms with E-state index in [0.29, 0.717) is 13.2 Å². The molecule has 0 N–H and O–H groups in total. The van der Waals surface area contributed by atoms with Crippen molar-refractivity contribution in [2.24, 2.45) is 0 Å². The van der Waals surface area contributed by atoms with E-state index in [1.54, 1.807) is 0 Å². The largest absolute Gasteiger partial charge is 0.464 e. The molecule has 0 fully saturated rings. The summed E-state index contributed by atoms with van der Waals surface area (Å²) >= 11 is 0. The van der Waals surface area contributed by atoms with Crippen molar-refractivity contribution in [1.29, 1.82) is 0 Å². The number of carbonyl (C=O) groups excluding carboxylic acids is 2. The van der Waals surface area contributed by atoms with Gasteiger partial charge in [-0.2, -0.15) is 0 Å². The van der Waals surface area contributed by atoms with E-state index in [1.807, 2.05) is 53.1 Å². The lowest BCUT2D eigenvalue weighted by atomic mass is 10.2. The summed E-state index contributed by atoms with van der Waals surface area (Å²) in [5.74, 6) is -1.09. The summed E-state index contributed by atoms with van der Waals surface area (Å²) in [4.78, 5) is 25.3. The normalized spacial score (nSPS) is 14.6. The Hall–Kier alpha value is -0.706. The smallest absolute Gasteiger partial charge is 0.337 e. The fourth-order valence-corrected chi connectivity index (χ4v) is 3.99. The van der Waals surface area contributed by atoms with Gasteiger partial charge < -0.3 is 18.3 Å². The molecule has 0 aliphatic carbocycles. The molecular weight excluding hydrogens is 368 g/mol. The molecule has 2 atom stereocenters. The van der Waals surface area contributed by atoms with E-state index in [1.165, 1.54) is 0 Å². The molecule has 0 saturated heterocycles. The van der Waals surface area contributed by atoms with Crippen LogP contribution < -0.4 is 0 Å². The van der Waals surface area contributed by atoms with E-state index in [0.717, 1.165) is 25.7 Å². The lowest BCUT2D eigenvalue weighted by molar-refractivity contribution is -0.170. The fourth-order valence-electron chi connectivity index (χ4n) is 2.03. The van der Waals surface area contributed by atoms with Crippen LogP contribution in [0.1, 0.15) is 39.5 Å². The molecule has 0 aromatic carbocycles. The molecule has 0 aliphatic rings. The Morgan fingerprint density at radius 2 is 1.00 bits per heavy atom. The summed E-state index contributed by atoms with van der Waals surface area (Å²) in [6, 6.07) is 0. The van der Waals surface area contributed by atoms with Gasteiger partial charge in [0.05, 0.1) is 13.2 Å². The molecule has 8 heteroatoms. The van der Waals surface area contributed by atoms with Gasteiger partial charge in [-0.05, 0) is 52.1 Å². The lowest BCUT2D eigenvalue weighted by Gasteiger charge is -2.33. The number of rotatable bonds is 13. The molecule has 0 saturated carbocycles. The fraction of sp³-hybridized carbons (Fsp3) is 0.889. The molecule has 6 nitrogen and oxygen atoms in total. The molecule has 154 valence electrons. The van der Waals surface area contributed by atoms with Crippen LogP contribution in [-0.2, 0) is 27.9 Å². The van der Waals surface area contributed by atoms with Crippen LogP contribution in [0.25, 0.3) is 0 Å². The molecule has 0 rings (SSSR count). The Balaban J connectivity index is 5.45. The highest BCUT2D eigenvalue weighted by molar-refractivity contribution is 6.70. The van der Waals surface area contributed by atoms with Gasteiger partial charge in [-0.25, -0.2) is 9.59 Å². The third-order valence-corrected chi connectivity index (χ3v) is 5.11. The Labute approximate surface area is 161 Å². The molecule has 0 aromatic heterocycles. The minimum atomic E-state index is -2.13. The maximum Gasteiger partial charge on any atom is 0.337 e. The zero-order chi connectivity index (χ0) is 20.4. The number of hydrogen-bond acceptors (Lipinski definition) is 6. The Kier molecular flexibility index (Phi) is 11.6. The minimum Gasteiger partial charge on any atom is -0.464 e. The number of carbonyl (C=O) groups is 2. The van der Waals surface area contributed by atoms with Crippen molar-refractivity contribution < 1.29 is 27.9 Å². The highest BCUT2D eigenvalue weighted by Gasteiger charge is 2.43. The zero-order valence-corrected chi connectivity index (χ0v) is 19.8. The second-order valence-electron chi connectivity index (χ2n) is 8.34. The molecule has 0 aromatic rings. The summed E-state index contributed by atoms with van der Waals surface area (Å²) in [6.45, 7) is 16.5. The highest BCUT2D eigenvalue weighted by Crippen LogP contribution is 2.20. The molecule has 0 aliphatic heterocycles. The molecular formula is C18H38O6Si2. The van der Waals surface area contributed by atoms with E-state index < -0.39 is 40.8 Å². The Morgan fingerprint density at radius 1 is 0.692 bits per heavy atom. The SMILES string of the molecule is CCCCOC(=O)C(O[Si](C)(C)C)C(O[Si](C)(C)C)C(=O)OCCCC. The molecule has 0 radical (unpaired) electrons. The van der Waals surface area contributed by atoms with Crippen molar-refractivity contribution >= 4 is 28.6 Å². The summed E-state index contributed by atoms with van der Waals surface area (Å²) in [7, 11) is -4.25. The number of unbranched alkanes of at least 4 members (excludes halogenated alkanes) is 2. The second kappa shape index (κ2) is 11.9. The van der Waals surface area contributed by atoms with E-state index in [9.17, 15) is 9.59 Å². The van der Waals surface area contributed by atoms with Crippen LogP contribution in [0.2, 0.25) is 39.3 Å². The monoisotopic (exact) mass is 406 g/mol. The summed E-state index contributed by atoms with van der Waals surface area (Å²) in [6.07, 6.45) is 1.21. The van der Waals surface area contributed by atoms with E-state index in [-0.39, 0.29) is 0 Å². The van der Waals surface area contributed by atoms with Gasteiger partial charge >= 0.3 is 11.9 Å². The second-order valence-corrected chi connectivity index (χ2v) is 17.3. The Morgan fingerprint density at radius 3 is 1.23 bits per heavy atom. The van der Waals surface area contributed by atoms with Crippen LogP contribution in [0.15, 0.2) is 0 Å². The van der Waals surface area contributed by atoms with Crippen LogP contribution in [0.4, 0.5) is 0 Å². The van der Waals surface area contributed by atoms with Crippen LogP contribution >= 0.6 is 0 Å². The van der Waals surface area contributed by atoms with Gasteiger partial charge in [-0.15, -0.1) is 0 Å². The standard InChI is InChI=1S/C18H38O6Si2/c1-9-11-13-21-17(19)15(23-25(3,4)5)16(24-26(6,7)8)18(20)22-14-12-10-2/h15-16H,9-14H2,1-8H3. The molecule has 0 heterocycles. The molecule has 2 unspecified atom stereocenters. The predicted molar refractivity (Wildman–Crippen MR) is 108 cm³/mol. The maximum atomic E-state index is 12.7. The zero-order valence-electron chi connectivity index (χ0n) is 17.8. The van der Waals surface area contributed by atoms with Crippen LogP contribution in [0.3, 0.4) is 0 Å². The van der Waals surface area contributed by atoms with Crippen LogP contribution in [-0.4, -0.2) is 54.0 Å². The van der Waals surface area contributed by atoms with Crippen LogP contribution in [0.5, 0.6) is 0 Å². The third-order valence-electron chi connectivity index (χ3n) is 3.19. The number of hydrogen-bond donors (Lipinski definition) is 0. The topological polar surface area (TPSA) is 71.1 Å². The van der Waals surface area contributed by atoms with Crippen molar-refractivity contribution in [2.45, 2.75) is 91.0 Å². The summed E-state index contributed by atoms with van der Waals surface area (Å²) < 4.78 is 22.7. The highest BCUT2D eigenvalue weighted by atomic mass is 28.4. The molecule has 26 heavy (non-hydrogen) atoms. The minimum absolute atomic E-state index is 0.311. The number of ether oxygens (including phenoxy) is 2. The summed E-state index contributed by atoms with van der Waals surface area (Å²) in [5, 5.41) is 0. The number of esters is 2. The quantitative estimate of drug-likeness (QED) is 0.260. The van der Waals surface area contributed by atoms with E-state index in [4.69, 9.17) is 18.3 Å². The summed E-state index contributed by atoms with van der Waals surface area (Å²) in [5.41, 5.74) is 0.